The number of aromatic nitrogens is 2. The number of nitrogen functional groups attached to an aromatic ring is 1. The van der Waals surface area contributed by atoms with E-state index in [-0.39, 0.29) is 5.78 Å². The lowest BCUT2D eigenvalue weighted by molar-refractivity contribution is 0.0992. The van der Waals surface area contributed by atoms with Crippen LogP contribution in [0.15, 0.2) is 15.8 Å². The van der Waals surface area contributed by atoms with Crippen molar-refractivity contribution in [3.8, 4) is 0 Å². The molecule has 108 valence electrons. The number of thiophene rings is 1. The molecule has 2 aromatic heterocycles. The van der Waals surface area contributed by atoms with Gasteiger partial charge in [0, 0.05) is 19.4 Å². The molecular weight excluding hydrogens is 296 g/mol. The molecule has 0 aliphatic heterocycles. The standard InChI is InChI=1S/C12H16N4O2S2/c1-3-7(17)10-9(13)11(19-2)12(20-10)14-5-4-8-15-6-18-16-8/h6,14H,3-5,13H2,1-2H3. The fourth-order valence-corrected chi connectivity index (χ4v) is 3.78. The van der Waals surface area contributed by atoms with Gasteiger partial charge in [-0.1, -0.05) is 12.1 Å². The first-order valence-corrected chi connectivity index (χ1v) is 8.20. The van der Waals surface area contributed by atoms with Gasteiger partial charge in [-0.25, -0.2) is 0 Å². The first-order valence-electron chi connectivity index (χ1n) is 6.15. The summed E-state index contributed by atoms with van der Waals surface area (Å²) in [5, 5.41) is 7.96. The average Bonchev–Trinajstić information content (AvgIpc) is 3.06. The van der Waals surface area contributed by atoms with Crippen molar-refractivity contribution in [2.24, 2.45) is 0 Å². The van der Waals surface area contributed by atoms with Gasteiger partial charge in [-0.05, 0) is 6.26 Å². The molecule has 2 heterocycles. The number of carbonyl (C=O) groups excluding carboxylic acids is 1. The van der Waals surface area contributed by atoms with Gasteiger partial charge in [-0.2, -0.15) is 4.98 Å². The second kappa shape index (κ2) is 6.76. The highest BCUT2D eigenvalue weighted by Gasteiger charge is 2.19. The highest BCUT2D eigenvalue weighted by atomic mass is 32.2. The SMILES string of the molecule is CCC(=O)c1sc(NCCc2ncon2)c(SC)c1N. The number of Topliss-reactive ketones (excluding diaryl/α,β-unsaturated/α-hetero) is 1. The number of ketones is 1. The normalized spacial score (nSPS) is 10.7. The molecule has 0 unspecified atom stereocenters. The van der Waals surface area contributed by atoms with Crippen LogP contribution in [0.1, 0.15) is 28.8 Å². The predicted molar refractivity (Wildman–Crippen MR) is 81.6 cm³/mol. The summed E-state index contributed by atoms with van der Waals surface area (Å²) in [7, 11) is 0. The van der Waals surface area contributed by atoms with Gasteiger partial charge < -0.3 is 15.6 Å². The lowest BCUT2D eigenvalue weighted by atomic mass is 10.2. The first kappa shape index (κ1) is 14.9. The Kier molecular flexibility index (Phi) is 5.02. The van der Waals surface area contributed by atoms with Crippen molar-refractivity contribution in [3.63, 3.8) is 0 Å². The van der Waals surface area contributed by atoms with Gasteiger partial charge in [0.2, 0.25) is 6.39 Å². The Balaban J connectivity index is 2.08. The molecule has 8 heteroatoms. The van der Waals surface area contributed by atoms with Gasteiger partial charge >= 0.3 is 0 Å². The number of nitrogens with one attached hydrogen (secondary N) is 1. The van der Waals surface area contributed by atoms with Gasteiger partial charge in [0.15, 0.2) is 11.6 Å². The largest absolute Gasteiger partial charge is 0.396 e. The van der Waals surface area contributed by atoms with Gasteiger partial charge in [0.1, 0.15) is 5.00 Å². The molecule has 0 saturated carbocycles. The molecule has 0 spiro atoms. The first-order chi connectivity index (χ1) is 9.67. The number of thioether (sulfide) groups is 1. The summed E-state index contributed by atoms with van der Waals surface area (Å²) >= 11 is 2.95. The summed E-state index contributed by atoms with van der Waals surface area (Å²) in [5.74, 6) is 0.728. The molecule has 0 atom stereocenters. The zero-order valence-electron chi connectivity index (χ0n) is 11.3. The number of anilines is 2. The summed E-state index contributed by atoms with van der Waals surface area (Å²) < 4.78 is 4.68. The Morgan fingerprint density at radius 1 is 1.60 bits per heavy atom. The van der Waals surface area contributed by atoms with Crippen LogP contribution in [0.4, 0.5) is 10.7 Å². The van der Waals surface area contributed by atoms with Crippen molar-refractivity contribution < 1.29 is 9.32 Å². The third kappa shape index (κ3) is 3.13. The third-order valence-corrected chi connectivity index (χ3v) is 4.88. The number of carbonyl (C=O) groups is 1. The van der Waals surface area contributed by atoms with Gasteiger partial charge in [0.05, 0.1) is 15.5 Å². The molecule has 6 nitrogen and oxygen atoms in total. The molecule has 0 aromatic carbocycles. The number of nitrogens with zero attached hydrogens (tertiary/aromatic N) is 2. The van der Waals surface area contributed by atoms with Crippen molar-refractivity contribution in [1.82, 2.24) is 10.1 Å². The van der Waals surface area contributed by atoms with E-state index in [0.29, 0.717) is 35.8 Å². The van der Waals surface area contributed by atoms with E-state index in [1.165, 1.54) is 29.5 Å². The van der Waals surface area contributed by atoms with E-state index in [0.717, 1.165) is 9.90 Å². The number of hydrogen-bond donors (Lipinski definition) is 2. The number of hydrogen-bond acceptors (Lipinski definition) is 8. The van der Waals surface area contributed by atoms with Crippen molar-refractivity contribution in [2.75, 3.05) is 23.9 Å². The van der Waals surface area contributed by atoms with E-state index in [4.69, 9.17) is 5.73 Å². The lowest BCUT2D eigenvalue weighted by Crippen LogP contribution is -2.05. The summed E-state index contributed by atoms with van der Waals surface area (Å²) in [5.41, 5.74) is 6.63. The third-order valence-electron chi connectivity index (χ3n) is 2.72. The topological polar surface area (TPSA) is 94.0 Å². The second-order valence-electron chi connectivity index (χ2n) is 4.01. The maximum absolute atomic E-state index is 11.8. The molecule has 20 heavy (non-hydrogen) atoms. The maximum atomic E-state index is 11.8. The van der Waals surface area contributed by atoms with E-state index in [1.54, 1.807) is 0 Å². The Bertz CT molecular complexity index is 581. The molecule has 2 aromatic rings. The maximum Gasteiger partial charge on any atom is 0.213 e. The molecule has 0 saturated heterocycles. The molecule has 0 bridgehead atoms. The van der Waals surface area contributed by atoms with Crippen LogP contribution in [0.3, 0.4) is 0 Å². The Labute approximate surface area is 125 Å². The number of nitrogens with two attached hydrogens (primary N) is 1. The van der Waals surface area contributed by atoms with Crippen LogP contribution in [0.25, 0.3) is 0 Å². The Morgan fingerprint density at radius 3 is 3.00 bits per heavy atom. The predicted octanol–water partition coefficient (Wildman–Crippen LogP) is 2.68. The number of rotatable bonds is 7. The van der Waals surface area contributed by atoms with E-state index in [1.807, 2.05) is 13.2 Å². The lowest BCUT2D eigenvalue weighted by Gasteiger charge is -2.04. The van der Waals surface area contributed by atoms with Crippen molar-refractivity contribution in [1.29, 1.82) is 0 Å². The minimum atomic E-state index is 0.0778. The molecule has 3 N–H and O–H groups in total. The van der Waals surface area contributed by atoms with Gasteiger partial charge in [-0.3, -0.25) is 4.79 Å². The quantitative estimate of drug-likeness (QED) is 0.599. The monoisotopic (exact) mass is 312 g/mol. The van der Waals surface area contributed by atoms with Gasteiger partial charge in [-0.15, -0.1) is 23.1 Å². The molecule has 0 amide bonds. The smallest absolute Gasteiger partial charge is 0.213 e. The fraction of sp³-hybridized carbons (Fsp3) is 0.417. The minimum absolute atomic E-state index is 0.0778. The van der Waals surface area contributed by atoms with Crippen LogP contribution in [-0.4, -0.2) is 28.7 Å². The highest BCUT2D eigenvalue weighted by molar-refractivity contribution is 7.99. The molecule has 0 fully saturated rings. The van der Waals surface area contributed by atoms with E-state index >= 15 is 0 Å². The summed E-state index contributed by atoms with van der Waals surface area (Å²) in [4.78, 5) is 17.4. The zero-order chi connectivity index (χ0) is 14.5. The van der Waals surface area contributed by atoms with Gasteiger partial charge in [0.25, 0.3) is 0 Å². The van der Waals surface area contributed by atoms with E-state index in [2.05, 4.69) is 20.0 Å². The van der Waals surface area contributed by atoms with Crippen LogP contribution >= 0.6 is 23.1 Å². The summed E-state index contributed by atoms with van der Waals surface area (Å²) in [6, 6.07) is 0. The van der Waals surface area contributed by atoms with Crippen LogP contribution in [0, 0.1) is 0 Å². The molecule has 0 radical (unpaired) electrons. The fourth-order valence-electron chi connectivity index (χ4n) is 1.71. The Morgan fingerprint density at radius 2 is 2.40 bits per heavy atom. The highest BCUT2D eigenvalue weighted by Crippen LogP contribution is 2.42. The second-order valence-corrected chi connectivity index (χ2v) is 5.85. The van der Waals surface area contributed by atoms with Crippen molar-refractivity contribution in [3.05, 3.63) is 17.1 Å². The van der Waals surface area contributed by atoms with Crippen LogP contribution in [0.5, 0.6) is 0 Å². The molecule has 0 aliphatic rings. The molecule has 0 aliphatic carbocycles. The van der Waals surface area contributed by atoms with Crippen molar-refractivity contribution in [2.45, 2.75) is 24.7 Å². The average molecular weight is 312 g/mol. The van der Waals surface area contributed by atoms with Crippen LogP contribution < -0.4 is 11.1 Å². The summed E-state index contributed by atoms with van der Waals surface area (Å²) in [6.07, 6.45) is 4.37. The van der Waals surface area contributed by atoms with E-state index < -0.39 is 0 Å². The summed E-state index contributed by atoms with van der Waals surface area (Å²) in [6.45, 7) is 2.50. The zero-order valence-corrected chi connectivity index (χ0v) is 12.9. The van der Waals surface area contributed by atoms with E-state index in [9.17, 15) is 4.79 Å². The Hall–Kier alpha value is -1.54. The van der Waals surface area contributed by atoms with Crippen molar-refractivity contribution >= 4 is 39.6 Å². The van der Waals surface area contributed by atoms with Crippen LogP contribution in [-0.2, 0) is 6.42 Å². The molecule has 2 rings (SSSR count). The van der Waals surface area contributed by atoms with Crippen LogP contribution in [0.2, 0.25) is 0 Å². The molecular formula is C12H16N4O2S2. The minimum Gasteiger partial charge on any atom is -0.396 e.